The highest BCUT2D eigenvalue weighted by atomic mass is 32.2. The number of aliphatic hydroxyl groups is 1. The topological polar surface area (TPSA) is 63.3 Å². The molecule has 0 aliphatic rings. The Morgan fingerprint density at radius 1 is 1.80 bits per heavy atom. The summed E-state index contributed by atoms with van der Waals surface area (Å²) in [6, 6.07) is -0.258. The highest BCUT2D eigenvalue weighted by molar-refractivity contribution is 8.13. The van der Waals surface area contributed by atoms with Crippen LogP contribution in [0, 0.1) is 0 Å². The van der Waals surface area contributed by atoms with Crippen molar-refractivity contribution in [1.29, 1.82) is 0 Å². The van der Waals surface area contributed by atoms with Crippen molar-refractivity contribution in [3.8, 4) is 0 Å². The zero-order valence-electron chi connectivity index (χ0n) is 6.20. The largest absolute Gasteiger partial charge is 0.391 e. The molecule has 2 unspecified atom stereocenters. The van der Waals surface area contributed by atoms with Gasteiger partial charge in [0.2, 0.25) is 0 Å². The first-order valence-corrected chi connectivity index (χ1v) is 4.09. The molecular formula is C6H13NO2S. The molecule has 0 aromatic heterocycles. The number of nitrogens with two attached hydrogens (primary N) is 1. The first-order valence-electron chi connectivity index (χ1n) is 3.11. The van der Waals surface area contributed by atoms with Crippen LogP contribution in [-0.2, 0) is 4.79 Å². The number of carbonyl (C=O) groups excluding carboxylic acids is 1. The molecule has 0 aliphatic carbocycles. The zero-order chi connectivity index (χ0) is 8.15. The molecule has 0 bridgehead atoms. The summed E-state index contributed by atoms with van der Waals surface area (Å²) in [5, 5.41) is 9.09. The summed E-state index contributed by atoms with van der Waals surface area (Å²) in [6.45, 7) is 3.18. The van der Waals surface area contributed by atoms with E-state index in [0.29, 0.717) is 5.75 Å². The molecule has 0 rings (SSSR count). The fourth-order valence-corrected chi connectivity index (χ4v) is 1.06. The van der Waals surface area contributed by atoms with Crippen LogP contribution < -0.4 is 5.73 Å². The number of aliphatic hydroxyl groups excluding tert-OH is 1. The molecule has 3 nitrogen and oxygen atoms in total. The quantitative estimate of drug-likeness (QED) is 0.613. The van der Waals surface area contributed by atoms with Gasteiger partial charge in [-0.05, 0) is 6.92 Å². The standard InChI is InChI=1S/C6H13NO2S/c1-4(7)6(9)3-10-5(2)8/h4,6,9H,3,7H2,1-2H3. The zero-order valence-corrected chi connectivity index (χ0v) is 7.02. The molecule has 0 fully saturated rings. The van der Waals surface area contributed by atoms with Crippen molar-refractivity contribution in [3.05, 3.63) is 0 Å². The van der Waals surface area contributed by atoms with Crippen LogP contribution in [0.25, 0.3) is 0 Å². The van der Waals surface area contributed by atoms with Crippen molar-refractivity contribution >= 4 is 16.9 Å². The lowest BCUT2D eigenvalue weighted by molar-refractivity contribution is -0.109. The Morgan fingerprint density at radius 2 is 2.30 bits per heavy atom. The number of hydrogen-bond donors (Lipinski definition) is 2. The van der Waals surface area contributed by atoms with Gasteiger partial charge in [-0.15, -0.1) is 0 Å². The average molecular weight is 163 g/mol. The Hall–Kier alpha value is -0.0600. The van der Waals surface area contributed by atoms with Crippen LogP contribution in [0.1, 0.15) is 13.8 Å². The predicted octanol–water partition coefficient (Wildman–Crippen LogP) is -0.0258. The van der Waals surface area contributed by atoms with Gasteiger partial charge in [-0.3, -0.25) is 4.79 Å². The number of hydrogen-bond acceptors (Lipinski definition) is 4. The van der Waals surface area contributed by atoms with Crippen LogP contribution in [0.5, 0.6) is 0 Å². The van der Waals surface area contributed by atoms with Gasteiger partial charge in [0.05, 0.1) is 6.10 Å². The minimum atomic E-state index is -0.575. The number of thioether (sulfide) groups is 1. The fraction of sp³-hybridized carbons (Fsp3) is 0.833. The minimum Gasteiger partial charge on any atom is -0.391 e. The van der Waals surface area contributed by atoms with Gasteiger partial charge in [-0.2, -0.15) is 0 Å². The third-order valence-electron chi connectivity index (χ3n) is 1.06. The molecular weight excluding hydrogens is 150 g/mol. The van der Waals surface area contributed by atoms with Crippen LogP contribution in [-0.4, -0.2) is 28.1 Å². The summed E-state index contributed by atoms with van der Waals surface area (Å²) in [6.07, 6.45) is -0.575. The van der Waals surface area contributed by atoms with Gasteiger partial charge >= 0.3 is 0 Å². The molecule has 0 heterocycles. The van der Waals surface area contributed by atoms with Crippen LogP contribution >= 0.6 is 11.8 Å². The third-order valence-corrected chi connectivity index (χ3v) is 1.98. The normalized spacial score (nSPS) is 16.4. The van der Waals surface area contributed by atoms with E-state index in [1.165, 1.54) is 6.92 Å². The van der Waals surface area contributed by atoms with Gasteiger partial charge in [0.1, 0.15) is 0 Å². The monoisotopic (exact) mass is 163 g/mol. The predicted molar refractivity (Wildman–Crippen MR) is 42.8 cm³/mol. The van der Waals surface area contributed by atoms with Crippen LogP contribution in [0.2, 0.25) is 0 Å². The summed E-state index contributed by atoms with van der Waals surface area (Å²) in [5.41, 5.74) is 5.35. The fourth-order valence-electron chi connectivity index (χ4n) is 0.355. The molecule has 3 N–H and O–H groups in total. The Bertz CT molecular complexity index is 116. The van der Waals surface area contributed by atoms with E-state index >= 15 is 0 Å². The van der Waals surface area contributed by atoms with E-state index in [1.807, 2.05) is 0 Å². The lowest BCUT2D eigenvalue weighted by Crippen LogP contribution is -2.33. The lowest BCUT2D eigenvalue weighted by Gasteiger charge is -2.11. The molecule has 4 heteroatoms. The van der Waals surface area contributed by atoms with Crippen molar-refractivity contribution in [2.75, 3.05) is 5.75 Å². The molecule has 2 atom stereocenters. The van der Waals surface area contributed by atoms with Crippen molar-refractivity contribution in [2.24, 2.45) is 5.73 Å². The first-order chi connectivity index (χ1) is 4.54. The summed E-state index contributed by atoms with van der Waals surface area (Å²) >= 11 is 1.10. The maximum absolute atomic E-state index is 10.4. The molecule has 0 aromatic rings. The third kappa shape index (κ3) is 4.78. The maximum Gasteiger partial charge on any atom is 0.185 e. The average Bonchev–Trinajstić information content (AvgIpc) is 1.82. The lowest BCUT2D eigenvalue weighted by atomic mass is 10.2. The van der Waals surface area contributed by atoms with Crippen molar-refractivity contribution < 1.29 is 9.90 Å². The van der Waals surface area contributed by atoms with Gasteiger partial charge in [0.15, 0.2) is 5.12 Å². The van der Waals surface area contributed by atoms with Crippen molar-refractivity contribution in [1.82, 2.24) is 0 Å². The summed E-state index contributed by atoms with van der Waals surface area (Å²) < 4.78 is 0. The molecule has 0 saturated heterocycles. The van der Waals surface area contributed by atoms with Crippen LogP contribution in [0.4, 0.5) is 0 Å². The van der Waals surface area contributed by atoms with Gasteiger partial charge in [-0.25, -0.2) is 0 Å². The maximum atomic E-state index is 10.4. The van der Waals surface area contributed by atoms with E-state index in [1.54, 1.807) is 6.92 Å². The summed E-state index contributed by atoms with van der Waals surface area (Å²) in [4.78, 5) is 10.4. The van der Waals surface area contributed by atoms with Gasteiger partial charge in [0.25, 0.3) is 0 Å². The Balaban J connectivity index is 3.39. The second-order valence-corrected chi connectivity index (χ2v) is 3.43. The Labute approximate surface area is 65.0 Å². The van der Waals surface area contributed by atoms with Crippen molar-refractivity contribution in [3.63, 3.8) is 0 Å². The Morgan fingerprint density at radius 3 is 2.60 bits per heavy atom. The molecule has 60 valence electrons. The minimum absolute atomic E-state index is 0.0136. The number of rotatable bonds is 3. The van der Waals surface area contributed by atoms with Crippen molar-refractivity contribution in [2.45, 2.75) is 26.0 Å². The smallest absolute Gasteiger partial charge is 0.185 e. The molecule has 0 saturated carbocycles. The second kappa shape index (κ2) is 4.71. The molecule has 0 radical (unpaired) electrons. The van der Waals surface area contributed by atoms with Crippen LogP contribution in [0.15, 0.2) is 0 Å². The molecule has 0 aliphatic heterocycles. The number of carbonyl (C=O) groups is 1. The highest BCUT2D eigenvalue weighted by Gasteiger charge is 2.09. The SMILES string of the molecule is CC(=O)SCC(O)C(C)N. The van der Waals surface area contributed by atoms with Gasteiger partial charge in [-0.1, -0.05) is 11.8 Å². The highest BCUT2D eigenvalue weighted by Crippen LogP contribution is 2.04. The van der Waals surface area contributed by atoms with E-state index in [2.05, 4.69) is 0 Å². The first kappa shape index (κ1) is 9.94. The van der Waals surface area contributed by atoms with E-state index in [0.717, 1.165) is 11.8 Å². The molecule has 0 aromatic carbocycles. The summed E-state index contributed by atoms with van der Waals surface area (Å²) in [7, 11) is 0. The van der Waals surface area contributed by atoms with E-state index in [9.17, 15) is 4.79 Å². The van der Waals surface area contributed by atoms with E-state index in [-0.39, 0.29) is 11.2 Å². The second-order valence-electron chi connectivity index (χ2n) is 2.23. The molecule has 0 spiro atoms. The van der Waals surface area contributed by atoms with E-state index < -0.39 is 6.10 Å². The van der Waals surface area contributed by atoms with Crippen LogP contribution in [0.3, 0.4) is 0 Å². The molecule has 10 heavy (non-hydrogen) atoms. The van der Waals surface area contributed by atoms with E-state index in [4.69, 9.17) is 10.8 Å². The summed E-state index contributed by atoms with van der Waals surface area (Å²) in [5.74, 6) is 0.396. The molecule has 0 amide bonds. The van der Waals surface area contributed by atoms with Gasteiger partial charge < -0.3 is 10.8 Å². The van der Waals surface area contributed by atoms with Gasteiger partial charge in [0, 0.05) is 18.7 Å². The Kier molecular flexibility index (Phi) is 4.68.